The van der Waals surface area contributed by atoms with Gasteiger partial charge in [-0.25, -0.2) is 0 Å². The van der Waals surface area contributed by atoms with E-state index in [4.69, 9.17) is 20.3 Å². The highest BCUT2D eigenvalue weighted by molar-refractivity contribution is 5.66. The molecule has 3 N–H and O–H groups in total. The number of benzene rings is 1. The summed E-state index contributed by atoms with van der Waals surface area (Å²) in [6, 6.07) is 7.22. The second kappa shape index (κ2) is 6.24. The summed E-state index contributed by atoms with van der Waals surface area (Å²) < 4.78 is 11.1. The summed E-state index contributed by atoms with van der Waals surface area (Å²) in [6.45, 7) is 4.11. The zero-order valence-electron chi connectivity index (χ0n) is 11.7. The Morgan fingerprint density at radius 3 is 2.80 bits per heavy atom. The maximum absolute atomic E-state index is 10.6. The number of carboxylic acid groups (broad SMARTS) is 1. The topological polar surface area (TPSA) is 81.8 Å². The van der Waals surface area contributed by atoms with Crippen LogP contribution in [-0.2, 0) is 9.53 Å². The van der Waals surface area contributed by atoms with Crippen LogP contribution in [0, 0.1) is 5.41 Å². The number of ether oxygens (including phenoxy) is 2. The van der Waals surface area contributed by atoms with Crippen molar-refractivity contribution in [1.82, 2.24) is 0 Å². The van der Waals surface area contributed by atoms with Crippen LogP contribution in [0.3, 0.4) is 0 Å². The summed E-state index contributed by atoms with van der Waals surface area (Å²) in [4.78, 5) is 10.6. The van der Waals surface area contributed by atoms with Crippen molar-refractivity contribution < 1.29 is 19.4 Å². The largest absolute Gasteiger partial charge is 0.492 e. The van der Waals surface area contributed by atoms with E-state index in [9.17, 15) is 4.79 Å². The lowest BCUT2D eigenvalue weighted by atomic mass is 9.90. The highest BCUT2D eigenvalue weighted by Gasteiger charge is 2.34. The summed E-state index contributed by atoms with van der Waals surface area (Å²) in [7, 11) is 0. The Kier molecular flexibility index (Phi) is 4.62. The Hall–Kier alpha value is -1.59. The smallest absolute Gasteiger partial charge is 0.303 e. The predicted molar refractivity (Wildman–Crippen MR) is 74.7 cm³/mol. The van der Waals surface area contributed by atoms with Crippen molar-refractivity contribution in [2.75, 3.05) is 19.8 Å². The van der Waals surface area contributed by atoms with E-state index in [2.05, 4.69) is 6.92 Å². The van der Waals surface area contributed by atoms with Gasteiger partial charge in [-0.15, -0.1) is 0 Å². The number of rotatable bonds is 7. The van der Waals surface area contributed by atoms with E-state index in [1.54, 1.807) is 0 Å². The van der Waals surface area contributed by atoms with Gasteiger partial charge < -0.3 is 20.3 Å². The molecule has 5 nitrogen and oxygen atoms in total. The molecule has 5 heteroatoms. The highest BCUT2D eigenvalue weighted by atomic mass is 16.5. The third-order valence-electron chi connectivity index (χ3n) is 3.46. The van der Waals surface area contributed by atoms with Gasteiger partial charge in [-0.3, -0.25) is 4.79 Å². The number of hydrogen-bond donors (Lipinski definition) is 2. The van der Waals surface area contributed by atoms with Crippen LogP contribution in [0.25, 0.3) is 0 Å². The van der Waals surface area contributed by atoms with E-state index >= 15 is 0 Å². The average Bonchev–Trinajstić information content (AvgIpc) is 2.40. The lowest BCUT2D eigenvalue weighted by molar-refractivity contribution is -0.137. The van der Waals surface area contributed by atoms with E-state index in [-0.39, 0.29) is 17.9 Å². The van der Waals surface area contributed by atoms with Crippen LogP contribution < -0.4 is 10.5 Å². The molecule has 0 radical (unpaired) electrons. The Balaban J connectivity index is 1.99. The van der Waals surface area contributed by atoms with Gasteiger partial charge in [-0.1, -0.05) is 25.1 Å². The normalized spacial score (nSPS) is 18.1. The second-order valence-corrected chi connectivity index (χ2v) is 5.67. The van der Waals surface area contributed by atoms with Gasteiger partial charge in [0.2, 0.25) is 0 Å². The third kappa shape index (κ3) is 3.71. The lowest BCUT2D eigenvalue weighted by Gasteiger charge is -2.37. The summed E-state index contributed by atoms with van der Waals surface area (Å²) in [5.74, 6) is -0.100. The van der Waals surface area contributed by atoms with Crippen molar-refractivity contribution in [2.24, 2.45) is 11.1 Å². The summed E-state index contributed by atoms with van der Waals surface area (Å²) in [5, 5.41) is 8.73. The molecule has 0 bridgehead atoms. The van der Waals surface area contributed by atoms with Crippen LogP contribution in [0.4, 0.5) is 0 Å². The number of carboxylic acids is 1. The van der Waals surface area contributed by atoms with E-state index < -0.39 is 5.97 Å². The fraction of sp³-hybridized carbons (Fsp3) is 0.533. The maximum Gasteiger partial charge on any atom is 0.303 e. The first kappa shape index (κ1) is 14.8. The third-order valence-corrected chi connectivity index (χ3v) is 3.46. The van der Waals surface area contributed by atoms with Crippen LogP contribution in [0.15, 0.2) is 24.3 Å². The fourth-order valence-corrected chi connectivity index (χ4v) is 2.14. The van der Waals surface area contributed by atoms with Crippen LogP contribution in [0.2, 0.25) is 0 Å². The molecule has 0 amide bonds. The highest BCUT2D eigenvalue weighted by Crippen LogP contribution is 2.31. The Morgan fingerprint density at radius 1 is 1.50 bits per heavy atom. The van der Waals surface area contributed by atoms with Gasteiger partial charge in [0, 0.05) is 23.4 Å². The van der Waals surface area contributed by atoms with Gasteiger partial charge in [0.1, 0.15) is 5.75 Å². The van der Waals surface area contributed by atoms with E-state index in [0.717, 1.165) is 11.3 Å². The molecule has 1 aromatic rings. The minimum atomic E-state index is -0.835. The molecule has 1 heterocycles. The monoisotopic (exact) mass is 279 g/mol. The molecule has 0 spiro atoms. The molecule has 0 aromatic heterocycles. The van der Waals surface area contributed by atoms with E-state index in [0.29, 0.717) is 26.2 Å². The Labute approximate surface area is 118 Å². The molecule has 1 aromatic carbocycles. The van der Waals surface area contributed by atoms with Gasteiger partial charge in [-0.2, -0.15) is 0 Å². The van der Waals surface area contributed by atoms with E-state index in [1.807, 2.05) is 24.3 Å². The van der Waals surface area contributed by atoms with E-state index in [1.165, 1.54) is 0 Å². The molecule has 1 unspecified atom stereocenters. The van der Waals surface area contributed by atoms with Gasteiger partial charge in [0.05, 0.1) is 19.8 Å². The van der Waals surface area contributed by atoms with Gasteiger partial charge >= 0.3 is 5.97 Å². The van der Waals surface area contributed by atoms with Gasteiger partial charge in [0.25, 0.3) is 0 Å². The predicted octanol–water partition coefficient (Wildman–Crippen LogP) is 1.97. The first-order valence-electron chi connectivity index (χ1n) is 6.77. The first-order chi connectivity index (χ1) is 9.50. The van der Waals surface area contributed by atoms with Crippen LogP contribution in [0.1, 0.15) is 31.4 Å². The molecule has 2 rings (SSSR count). The summed E-state index contributed by atoms with van der Waals surface area (Å²) >= 11 is 0. The van der Waals surface area contributed by atoms with Crippen molar-refractivity contribution in [3.8, 4) is 5.75 Å². The van der Waals surface area contributed by atoms with Crippen molar-refractivity contribution in [2.45, 2.75) is 25.8 Å². The second-order valence-electron chi connectivity index (χ2n) is 5.67. The Bertz CT molecular complexity index is 471. The van der Waals surface area contributed by atoms with Crippen LogP contribution >= 0.6 is 0 Å². The van der Waals surface area contributed by atoms with Crippen molar-refractivity contribution >= 4 is 5.97 Å². The first-order valence-corrected chi connectivity index (χ1v) is 6.77. The molecule has 1 saturated heterocycles. The summed E-state index contributed by atoms with van der Waals surface area (Å²) in [5.41, 5.74) is 6.99. The average molecular weight is 279 g/mol. The van der Waals surface area contributed by atoms with Crippen molar-refractivity contribution in [1.29, 1.82) is 0 Å². The molecule has 1 aliphatic rings. The number of hydrogen-bond acceptors (Lipinski definition) is 4. The number of nitrogens with two attached hydrogens (primary N) is 1. The zero-order chi connectivity index (χ0) is 14.6. The van der Waals surface area contributed by atoms with Crippen LogP contribution in [0.5, 0.6) is 5.75 Å². The lowest BCUT2D eigenvalue weighted by Crippen LogP contribution is -2.44. The van der Waals surface area contributed by atoms with Gasteiger partial charge in [-0.05, 0) is 12.5 Å². The fourth-order valence-electron chi connectivity index (χ4n) is 2.14. The van der Waals surface area contributed by atoms with Crippen LogP contribution in [-0.4, -0.2) is 30.9 Å². The molecule has 0 saturated carbocycles. The number of aliphatic carboxylic acids is 1. The molecule has 0 aliphatic carbocycles. The molecule has 20 heavy (non-hydrogen) atoms. The molecule has 1 fully saturated rings. The molecule has 1 aliphatic heterocycles. The van der Waals surface area contributed by atoms with Gasteiger partial charge in [0.15, 0.2) is 0 Å². The van der Waals surface area contributed by atoms with Crippen molar-refractivity contribution in [3.05, 3.63) is 29.8 Å². The number of para-hydroxylation sites is 1. The standard InChI is InChI=1S/C15H21NO4/c1-15(8-19-9-15)10-20-13-5-3-2-4-11(13)12(16)6-7-14(17)18/h2-5,12H,6-10,16H2,1H3,(H,17,18). The maximum atomic E-state index is 10.6. The number of carbonyl (C=O) groups is 1. The molecular weight excluding hydrogens is 258 g/mol. The summed E-state index contributed by atoms with van der Waals surface area (Å²) in [6.07, 6.45) is 0.455. The van der Waals surface area contributed by atoms with Crippen molar-refractivity contribution in [3.63, 3.8) is 0 Å². The molecule has 1 atom stereocenters. The molecule has 110 valence electrons. The minimum Gasteiger partial charge on any atom is -0.492 e. The Morgan fingerprint density at radius 2 is 2.20 bits per heavy atom. The minimum absolute atomic E-state index is 0.0566. The quantitative estimate of drug-likeness (QED) is 0.797. The SMILES string of the molecule is CC1(COc2ccccc2C(N)CCC(=O)O)COC1. The molecular formula is C15H21NO4. The zero-order valence-corrected chi connectivity index (χ0v) is 11.7.